The molecule has 2 aliphatic heterocycles. The monoisotopic (exact) mass is 912 g/mol. The van der Waals surface area contributed by atoms with Crippen LogP contribution >= 0.6 is 0 Å². The van der Waals surface area contributed by atoms with Crippen molar-refractivity contribution in [2.24, 2.45) is 46.8 Å². The second-order valence-corrected chi connectivity index (χ2v) is 24.9. The molecule has 374 valence electrons. The van der Waals surface area contributed by atoms with Gasteiger partial charge in [-0.05, 0) is 162 Å². The van der Waals surface area contributed by atoms with Gasteiger partial charge in [0.2, 0.25) is 5.78 Å². The maximum absolute atomic E-state index is 14.2. The van der Waals surface area contributed by atoms with Crippen molar-refractivity contribution < 1.29 is 19.0 Å². The van der Waals surface area contributed by atoms with E-state index in [1.807, 2.05) is 13.0 Å². The normalized spacial score (nSPS) is 24.9. The molecule has 0 bridgehead atoms. The van der Waals surface area contributed by atoms with Gasteiger partial charge in [0.1, 0.15) is 22.7 Å². The summed E-state index contributed by atoms with van der Waals surface area (Å²) >= 11 is 0. The number of rotatable bonds is 29. The van der Waals surface area contributed by atoms with Gasteiger partial charge in [-0.2, -0.15) is 5.26 Å². The van der Waals surface area contributed by atoms with E-state index in [-0.39, 0.29) is 17.3 Å². The molecular formula is C61H101NO4. The first kappa shape index (κ1) is 56.0. The molecule has 1 aliphatic carbocycles. The van der Waals surface area contributed by atoms with E-state index in [1.165, 1.54) is 96.3 Å². The molecular weight excluding hydrogens is 811 g/mol. The fourth-order valence-electron chi connectivity index (χ4n) is 12.2. The minimum Gasteiger partial charge on any atom is -0.487 e. The van der Waals surface area contributed by atoms with Gasteiger partial charge in [0, 0.05) is 5.57 Å². The third-order valence-electron chi connectivity index (χ3n) is 16.3. The number of aryl methyl sites for hydroxylation is 2. The molecule has 5 heteroatoms. The van der Waals surface area contributed by atoms with Crippen LogP contribution in [0.15, 0.2) is 35.1 Å². The number of nitrogens with zero attached hydrogens (tertiary/aromatic N) is 1. The van der Waals surface area contributed by atoms with Crippen LogP contribution < -0.4 is 9.47 Å². The summed E-state index contributed by atoms with van der Waals surface area (Å²) in [5, 5.41) is 11.2. The number of carbonyl (C=O) groups excluding carboxylic acids is 1. The molecule has 1 aromatic carbocycles. The molecule has 4 rings (SSSR count). The molecule has 1 fully saturated rings. The van der Waals surface area contributed by atoms with Gasteiger partial charge in [-0.3, -0.25) is 4.79 Å². The minimum atomic E-state index is -1.06. The zero-order valence-electron chi connectivity index (χ0n) is 45.6. The smallest absolute Gasteiger partial charge is 0.221 e. The van der Waals surface area contributed by atoms with E-state index in [0.717, 1.165) is 96.1 Å². The van der Waals surface area contributed by atoms with Gasteiger partial charge in [-0.1, -0.05) is 166 Å². The zero-order valence-corrected chi connectivity index (χ0v) is 45.6. The Balaban J connectivity index is 1.44. The summed E-state index contributed by atoms with van der Waals surface area (Å²) in [6.07, 6.45) is 28.4. The Morgan fingerprint density at radius 2 is 1.14 bits per heavy atom. The average molecular weight is 912 g/mol. The number of nitriles is 1. The van der Waals surface area contributed by atoms with Crippen molar-refractivity contribution in [3.8, 4) is 17.6 Å². The molecule has 0 amide bonds. The maximum atomic E-state index is 14.2. The van der Waals surface area contributed by atoms with Gasteiger partial charge < -0.3 is 14.2 Å². The van der Waals surface area contributed by atoms with E-state index in [9.17, 15) is 10.1 Å². The van der Waals surface area contributed by atoms with Crippen LogP contribution in [0.25, 0.3) is 0 Å². The number of carbonyl (C=O) groups is 1. The molecule has 8 atom stereocenters. The lowest BCUT2D eigenvalue weighted by Crippen LogP contribution is -2.60. The number of ether oxygens (including phenoxy) is 3. The summed E-state index contributed by atoms with van der Waals surface area (Å²) in [6.45, 7) is 34.1. The molecule has 3 aliphatic rings. The number of benzene rings is 1. The van der Waals surface area contributed by atoms with Crippen molar-refractivity contribution in [2.75, 3.05) is 0 Å². The topological polar surface area (TPSA) is 68.6 Å². The Morgan fingerprint density at radius 1 is 0.667 bits per heavy atom. The van der Waals surface area contributed by atoms with Gasteiger partial charge >= 0.3 is 0 Å². The van der Waals surface area contributed by atoms with Gasteiger partial charge in [0.05, 0.1) is 17.1 Å². The molecule has 1 aromatic rings. The molecule has 1 saturated heterocycles. The Morgan fingerprint density at radius 3 is 1.62 bits per heavy atom. The summed E-state index contributed by atoms with van der Waals surface area (Å²) in [6, 6.07) is 6.92. The number of fused-ring (bicyclic) bond motifs is 2. The lowest BCUT2D eigenvalue weighted by Gasteiger charge is -2.56. The first-order chi connectivity index (χ1) is 31.0. The van der Waals surface area contributed by atoms with E-state index < -0.39 is 16.6 Å². The van der Waals surface area contributed by atoms with E-state index in [1.54, 1.807) is 6.08 Å². The third kappa shape index (κ3) is 15.7. The molecule has 0 N–H and O–H groups in total. The Bertz CT molecular complexity index is 1800. The Hall–Kier alpha value is -2.58. The maximum Gasteiger partial charge on any atom is 0.221 e. The van der Waals surface area contributed by atoms with Crippen LogP contribution in [0, 0.1) is 65.1 Å². The summed E-state index contributed by atoms with van der Waals surface area (Å²) in [5.41, 5.74) is 1.27. The van der Waals surface area contributed by atoms with Gasteiger partial charge in [-0.15, -0.1) is 0 Å². The van der Waals surface area contributed by atoms with Gasteiger partial charge in [0.15, 0.2) is 5.76 Å². The number of hydrogen-bond donors (Lipinski definition) is 0. The molecule has 0 saturated carbocycles. The van der Waals surface area contributed by atoms with Crippen molar-refractivity contribution >= 4 is 5.78 Å². The first-order valence-electron chi connectivity index (χ1n) is 27.6. The second kappa shape index (κ2) is 25.3. The highest BCUT2D eigenvalue weighted by Gasteiger charge is 2.61. The predicted octanol–water partition coefficient (Wildman–Crippen LogP) is 18.0. The van der Waals surface area contributed by atoms with E-state index >= 15 is 0 Å². The quantitative estimate of drug-likeness (QED) is 0.0801. The van der Waals surface area contributed by atoms with Crippen molar-refractivity contribution in [2.45, 2.75) is 268 Å². The van der Waals surface area contributed by atoms with Crippen molar-refractivity contribution in [3.05, 3.63) is 46.2 Å². The molecule has 0 aromatic heterocycles. The highest BCUT2D eigenvalue weighted by molar-refractivity contribution is 6.06. The van der Waals surface area contributed by atoms with Crippen LogP contribution in [-0.4, -0.2) is 22.6 Å². The zero-order chi connectivity index (χ0) is 48.9. The SMILES string of the molecule is CC1=CC(=O)C(Oc2cc(C)c3c(c2)CC[C@@](C)(CCC[C@H](C)CCC[C@H](C)CCCC(C)C)O3)=C2CC[C@@](C)(CCC[C@H](C)CCC[C@H](C)CCCC(C)C)OC12C(C)(C#N)CC(C)C. The Kier molecular flexibility index (Phi) is 21.5. The summed E-state index contributed by atoms with van der Waals surface area (Å²) < 4.78 is 21.3. The van der Waals surface area contributed by atoms with Crippen LogP contribution in [0.4, 0.5) is 0 Å². The molecule has 2 unspecified atom stereocenters. The second-order valence-electron chi connectivity index (χ2n) is 24.9. The lowest BCUT2D eigenvalue weighted by atomic mass is 9.58. The summed E-state index contributed by atoms with van der Waals surface area (Å²) in [4.78, 5) is 14.2. The van der Waals surface area contributed by atoms with Crippen molar-refractivity contribution in [1.29, 1.82) is 5.26 Å². The lowest BCUT2D eigenvalue weighted by molar-refractivity contribution is -0.182. The van der Waals surface area contributed by atoms with Crippen LogP contribution in [-0.2, 0) is 16.0 Å². The molecule has 5 nitrogen and oxygen atoms in total. The average Bonchev–Trinajstić information content (AvgIpc) is 3.22. The van der Waals surface area contributed by atoms with Gasteiger partial charge in [-0.25, -0.2) is 0 Å². The standard InChI is InChI=1S/C61H101NO4/c1-43(2)22-16-24-46(7)26-18-28-48(9)30-20-34-59(14)36-32-52-40-53(38-50(11)56(52)65-59)64-57-54-33-37-60(15,35-21-31-49(10)29-19-27-47(8)25-17-23-44(3)4)66-61(54,51(12)39-55(57)63)58(13,42-62)41-45(5)6/h38-40,43-49H,16-37,41H2,1-15H3/t46-,47-,48-,49-,58?,59-,60-,61?/m1/s1. The summed E-state index contributed by atoms with van der Waals surface area (Å²) in [7, 11) is 0. The number of ketones is 1. The van der Waals surface area contributed by atoms with Crippen LogP contribution in [0.1, 0.15) is 249 Å². The molecule has 66 heavy (non-hydrogen) atoms. The highest BCUT2D eigenvalue weighted by Crippen LogP contribution is 2.58. The van der Waals surface area contributed by atoms with E-state index in [4.69, 9.17) is 14.2 Å². The fraction of sp³-hybridized carbons (Fsp3) is 0.803. The van der Waals surface area contributed by atoms with Crippen molar-refractivity contribution in [3.63, 3.8) is 0 Å². The third-order valence-corrected chi connectivity index (χ3v) is 16.3. The number of allylic oxidation sites excluding steroid dienone is 1. The van der Waals surface area contributed by atoms with Crippen LogP contribution in [0.3, 0.4) is 0 Å². The first-order valence-corrected chi connectivity index (χ1v) is 27.6. The van der Waals surface area contributed by atoms with Gasteiger partial charge in [0.25, 0.3) is 0 Å². The van der Waals surface area contributed by atoms with Crippen LogP contribution in [0.5, 0.6) is 11.5 Å². The minimum absolute atomic E-state index is 0.136. The molecule has 0 spiro atoms. The van der Waals surface area contributed by atoms with Crippen LogP contribution in [0.2, 0.25) is 0 Å². The fourth-order valence-corrected chi connectivity index (χ4v) is 12.2. The number of hydrogen-bond acceptors (Lipinski definition) is 5. The van der Waals surface area contributed by atoms with Crippen molar-refractivity contribution in [1.82, 2.24) is 0 Å². The summed E-state index contributed by atoms with van der Waals surface area (Å²) in [5.74, 6) is 6.79. The van der Waals surface area contributed by atoms with E-state index in [0.29, 0.717) is 30.3 Å². The Labute approximate surface area is 407 Å². The highest BCUT2D eigenvalue weighted by atomic mass is 16.5. The molecule has 0 radical (unpaired) electrons. The molecule has 2 heterocycles. The van der Waals surface area contributed by atoms with E-state index in [2.05, 4.69) is 109 Å². The predicted molar refractivity (Wildman–Crippen MR) is 279 cm³/mol. The largest absolute Gasteiger partial charge is 0.487 e.